The average Bonchev–Trinajstić information content (AvgIpc) is 3.20. The monoisotopic (exact) mass is 613 g/mol. The molecule has 0 aliphatic carbocycles. The Balaban J connectivity index is 2.01. The lowest BCUT2D eigenvalue weighted by Crippen LogP contribution is -2.39. The predicted molar refractivity (Wildman–Crippen MR) is 124 cm³/mol. The summed E-state index contributed by atoms with van der Waals surface area (Å²) >= 11 is 11.5. The van der Waals surface area contributed by atoms with Gasteiger partial charge in [-0.15, -0.1) is 0 Å². The van der Waals surface area contributed by atoms with Crippen LogP contribution >= 0.6 is 56.8 Å². The molecule has 1 aliphatic rings. The molecule has 3 heterocycles. The summed E-state index contributed by atoms with van der Waals surface area (Å²) in [7, 11) is 0. The molecule has 1 atom stereocenters. The van der Waals surface area contributed by atoms with E-state index in [0.717, 1.165) is 18.5 Å². The molecule has 0 aromatic carbocycles. The van der Waals surface area contributed by atoms with Crippen molar-refractivity contribution in [1.82, 2.24) is 15.3 Å². The molecule has 0 radical (unpaired) electrons. The van der Waals surface area contributed by atoms with Crippen LogP contribution in [-0.4, -0.2) is 9.97 Å². The van der Waals surface area contributed by atoms with Gasteiger partial charge < -0.3 is 14.2 Å². The van der Waals surface area contributed by atoms with E-state index in [9.17, 15) is 0 Å². The highest BCUT2D eigenvalue weighted by molar-refractivity contribution is 14.1. The van der Waals surface area contributed by atoms with Crippen LogP contribution in [0.2, 0.25) is 0 Å². The summed E-state index contributed by atoms with van der Waals surface area (Å²) in [4.78, 5) is 8.18. The second-order valence-electron chi connectivity index (χ2n) is 8.58. The maximum atomic E-state index is 7.00. The Kier molecular flexibility index (Phi) is 5.53. The number of nitrogens with zero attached hydrogens (tertiary/aromatic N) is 2. The molecule has 0 fully saturated rings. The Hall–Kier alpha value is -0.550. The fourth-order valence-corrected chi connectivity index (χ4v) is 4.10. The van der Waals surface area contributed by atoms with Gasteiger partial charge in [0.15, 0.2) is 0 Å². The predicted octanol–water partition coefficient (Wildman–Crippen LogP) is 6.38. The highest BCUT2D eigenvalue weighted by Crippen LogP contribution is 2.46. The Morgan fingerprint density at radius 2 is 1.52 bits per heavy atom. The number of allylic oxidation sites excluding steroid dienone is 2. The molecule has 5 nitrogen and oxygen atoms in total. The van der Waals surface area contributed by atoms with Crippen molar-refractivity contribution in [2.75, 3.05) is 0 Å². The third-order valence-electron chi connectivity index (χ3n) is 4.16. The van der Waals surface area contributed by atoms with Gasteiger partial charge in [-0.1, -0.05) is 53.1 Å². The molecule has 0 spiro atoms. The average molecular weight is 614 g/mol. The molecular formula is C19H22ClI2N3O2. The maximum Gasteiger partial charge on any atom is 0.242 e. The van der Waals surface area contributed by atoms with Gasteiger partial charge in [0.1, 0.15) is 18.2 Å². The summed E-state index contributed by atoms with van der Waals surface area (Å²) < 4.78 is 13.4. The van der Waals surface area contributed by atoms with Gasteiger partial charge >= 0.3 is 0 Å². The highest BCUT2D eigenvalue weighted by atomic mass is 127. The van der Waals surface area contributed by atoms with Crippen LogP contribution in [0.5, 0.6) is 0 Å². The van der Waals surface area contributed by atoms with Crippen molar-refractivity contribution in [1.29, 1.82) is 0 Å². The van der Waals surface area contributed by atoms with Gasteiger partial charge in [0.05, 0.1) is 15.0 Å². The van der Waals surface area contributed by atoms with Crippen molar-refractivity contribution in [3.05, 3.63) is 48.9 Å². The Morgan fingerprint density at radius 1 is 0.963 bits per heavy atom. The number of hydrogen-bond donors (Lipinski definition) is 1. The van der Waals surface area contributed by atoms with Crippen LogP contribution < -0.4 is 5.32 Å². The number of alkyl halides is 1. The molecule has 0 saturated heterocycles. The van der Waals surface area contributed by atoms with Crippen LogP contribution in [0, 0.1) is 0 Å². The van der Waals surface area contributed by atoms with Gasteiger partial charge in [-0.25, -0.2) is 9.97 Å². The van der Waals surface area contributed by atoms with Crippen LogP contribution in [0.3, 0.4) is 0 Å². The van der Waals surface area contributed by atoms with Gasteiger partial charge in [0, 0.05) is 14.4 Å². The number of halogens is 3. The maximum absolute atomic E-state index is 7.00. The van der Waals surface area contributed by atoms with E-state index >= 15 is 0 Å². The summed E-state index contributed by atoms with van der Waals surface area (Å²) in [5.74, 6) is 0.895. The third-order valence-corrected chi connectivity index (χ3v) is 8.20. The van der Waals surface area contributed by atoms with E-state index in [0.29, 0.717) is 17.5 Å². The molecular weight excluding hydrogens is 591 g/mol. The van der Waals surface area contributed by atoms with E-state index in [1.807, 2.05) is 6.08 Å². The second-order valence-corrected chi connectivity index (χ2v) is 11.4. The Morgan fingerprint density at radius 3 is 2.04 bits per heavy atom. The molecule has 0 bridgehead atoms. The van der Waals surface area contributed by atoms with Crippen molar-refractivity contribution >= 4 is 62.5 Å². The zero-order valence-electron chi connectivity index (χ0n) is 16.1. The first-order chi connectivity index (χ1) is 12.3. The van der Waals surface area contributed by atoms with Gasteiger partial charge in [-0.3, -0.25) is 0 Å². The number of dihydropyridines is 1. The summed E-state index contributed by atoms with van der Waals surface area (Å²) in [6.07, 6.45) is 5.32. The van der Waals surface area contributed by atoms with Crippen LogP contribution in [0.15, 0.2) is 34.6 Å². The van der Waals surface area contributed by atoms with E-state index in [4.69, 9.17) is 20.4 Å². The van der Waals surface area contributed by atoms with Crippen LogP contribution in [0.4, 0.5) is 0 Å². The van der Waals surface area contributed by atoms with Gasteiger partial charge in [0.25, 0.3) is 0 Å². The summed E-state index contributed by atoms with van der Waals surface area (Å²) in [5, 5.41) is 3.32. The van der Waals surface area contributed by atoms with E-state index in [-0.39, 0.29) is 10.8 Å². The van der Waals surface area contributed by atoms with Gasteiger partial charge in [-0.2, -0.15) is 0 Å². The molecule has 2 aromatic heterocycles. The van der Waals surface area contributed by atoms with Crippen molar-refractivity contribution in [3.8, 4) is 0 Å². The molecule has 27 heavy (non-hydrogen) atoms. The van der Waals surface area contributed by atoms with Crippen molar-refractivity contribution in [3.63, 3.8) is 0 Å². The zero-order chi connectivity index (χ0) is 20.2. The van der Waals surface area contributed by atoms with Gasteiger partial charge in [0.2, 0.25) is 16.8 Å². The normalized spacial score (nSPS) is 21.3. The number of oxazole rings is 2. The van der Waals surface area contributed by atoms with Crippen LogP contribution in [0.25, 0.3) is 5.70 Å². The molecule has 0 amide bonds. The topological polar surface area (TPSA) is 64.1 Å². The quantitative estimate of drug-likeness (QED) is 0.242. The molecule has 3 rings (SSSR count). The van der Waals surface area contributed by atoms with Crippen molar-refractivity contribution < 1.29 is 8.83 Å². The largest absolute Gasteiger partial charge is 0.445 e. The number of nitrogens with one attached hydrogen (secondary N) is 1. The summed E-state index contributed by atoms with van der Waals surface area (Å²) in [6.45, 7) is 12.5. The number of rotatable bonds is 2. The minimum absolute atomic E-state index is 0.101. The fourth-order valence-electron chi connectivity index (χ4n) is 2.41. The lowest BCUT2D eigenvalue weighted by molar-refractivity contribution is 0.428. The van der Waals surface area contributed by atoms with Crippen LogP contribution in [-0.2, 0) is 15.8 Å². The van der Waals surface area contributed by atoms with E-state index in [1.54, 1.807) is 12.5 Å². The van der Waals surface area contributed by atoms with Crippen LogP contribution in [0.1, 0.15) is 64.7 Å². The first-order valence-electron chi connectivity index (χ1n) is 8.50. The van der Waals surface area contributed by atoms with Gasteiger partial charge in [-0.05, 0) is 51.3 Å². The molecule has 1 unspecified atom stereocenters. The zero-order valence-corrected chi connectivity index (χ0v) is 21.1. The van der Waals surface area contributed by atoms with Crippen molar-refractivity contribution in [2.24, 2.45) is 0 Å². The molecule has 8 heteroatoms. The molecule has 0 saturated carbocycles. The molecule has 1 aliphatic heterocycles. The fraction of sp³-hybridized carbons (Fsp3) is 0.474. The molecule has 146 valence electrons. The van der Waals surface area contributed by atoms with Crippen molar-refractivity contribution in [2.45, 2.75) is 57.4 Å². The molecule has 1 N–H and O–H groups in total. The standard InChI is InChI=1S/C19H22ClI2N3O2/c1-17(2,3)12-8-26-15(23-12)11-7-10(21)14(22)19(20,25-11)16-24-13(9-27-16)18(4,5)6/h7-9,25H,1-6H3. The highest BCUT2D eigenvalue weighted by Gasteiger charge is 2.43. The van der Waals surface area contributed by atoms with E-state index in [1.165, 1.54) is 0 Å². The number of aromatic nitrogens is 2. The summed E-state index contributed by atoms with van der Waals surface area (Å²) in [6, 6.07) is 0. The lowest BCUT2D eigenvalue weighted by atomic mass is 9.93. The first-order valence-corrected chi connectivity index (χ1v) is 11.0. The Labute approximate surface area is 191 Å². The van der Waals surface area contributed by atoms with E-state index in [2.05, 4.69) is 102 Å². The summed E-state index contributed by atoms with van der Waals surface area (Å²) in [5.41, 5.74) is 2.19. The third kappa shape index (κ3) is 4.10. The number of hydrogen-bond acceptors (Lipinski definition) is 5. The molecule has 2 aromatic rings. The van der Waals surface area contributed by atoms with E-state index < -0.39 is 5.00 Å². The first kappa shape index (κ1) is 21.2. The lowest BCUT2D eigenvalue weighted by Gasteiger charge is -2.30. The smallest absolute Gasteiger partial charge is 0.242 e. The second kappa shape index (κ2) is 7.05. The minimum Gasteiger partial charge on any atom is -0.445 e. The SMILES string of the molecule is CC(C)(C)c1coc(C2=CC(I)=C(I)C(Cl)(c3nc(C(C)(C)C)co3)N2)n1. The Bertz CT molecular complexity index is 931. The minimum atomic E-state index is -1.11.